The van der Waals surface area contributed by atoms with Gasteiger partial charge in [0.1, 0.15) is 13.2 Å². The summed E-state index contributed by atoms with van der Waals surface area (Å²) in [6, 6.07) is 4.15. The molecule has 6 rings (SSSR count). The Hall–Kier alpha value is -2.71. The summed E-state index contributed by atoms with van der Waals surface area (Å²) in [6.45, 7) is 4.95. The number of piperidine rings is 1. The standard InChI is InChI=1S/C26H30N2O6/c1-14-8-26(25(32)28(14)18-7-23(30)33-12-18)9-16-3-4-17(10-26)27(16)11-22(29)19-5-6-20-21(15(19)2)13-34-24(20)31/h5-7,14,16-17,22,29H,3-4,8-13H2,1-2H3/t14?,16-,17-,22+/m1/s1. The first-order valence-electron chi connectivity index (χ1n) is 12.2. The third-order valence-electron chi connectivity index (χ3n) is 8.73. The molecule has 1 aromatic carbocycles. The third-order valence-corrected chi connectivity index (χ3v) is 8.73. The minimum absolute atomic E-state index is 0.0452. The molecule has 34 heavy (non-hydrogen) atoms. The van der Waals surface area contributed by atoms with Gasteiger partial charge >= 0.3 is 11.9 Å². The molecule has 0 saturated carbocycles. The number of hydrogen-bond acceptors (Lipinski definition) is 7. The van der Waals surface area contributed by atoms with E-state index in [0.717, 1.165) is 48.8 Å². The van der Waals surface area contributed by atoms with Gasteiger partial charge < -0.3 is 19.5 Å². The topological polar surface area (TPSA) is 96.4 Å². The average Bonchev–Trinajstić information content (AvgIpc) is 3.50. The lowest BCUT2D eigenvalue weighted by Gasteiger charge is -2.44. The normalized spacial score (nSPS) is 33.4. The molecule has 3 saturated heterocycles. The number of nitrogens with zero attached hydrogens (tertiary/aromatic N) is 2. The number of fused-ring (bicyclic) bond motifs is 3. The van der Waals surface area contributed by atoms with Crippen molar-refractivity contribution in [2.75, 3.05) is 13.2 Å². The molecular weight excluding hydrogens is 436 g/mol. The van der Waals surface area contributed by atoms with Crippen LogP contribution in [0.4, 0.5) is 0 Å². The molecule has 0 aliphatic carbocycles. The zero-order chi connectivity index (χ0) is 23.8. The summed E-state index contributed by atoms with van der Waals surface area (Å²) in [5.41, 5.74) is 3.51. The summed E-state index contributed by atoms with van der Waals surface area (Å²) in [5.74, 6) is -0.550. The summed E-state index contributed by atoms with van der Waals surface area (Å²) in [4.78, 5) is 41.3. The van der Waals surface area contributed by atoms with Gasteiger partial charge in [-0.1, -0.05) is 6.07 Å². The van der Waals surface area contributed by atoms with E-state index in [2.05, 4.69) is 11.8 Å². The molecule has 1 spiro atoms. The number of esters is 2. The molecule has 2 bridgehead atoms. The first-order chi connectivity index (χ1) is 16.3. The highest BCUT2D eigenvalue weighted by Gasteiger charge is 2.58. The van der Waals surface area contributed by atoms with Crippen LogP contribution in [0.15, 0.2) is 23.9 Å². The van der Waals surface area contributed by atoms with E-state index in [1.165, 1.54) is 6.08 Å². The van der Waals surface area contributed by atoms with Crippen molar-refractivity contribution in [3.05, 3.63) is 46.2 Å². The lowest BCUT2D eigenvalue weighted by molar-refractivity contribution is -0.140. The Morgan fingerprint density at radius 2 is 1.82 bits per heavy atom. The first-order valence-corrected chi connectivity index (χ1v) is 12.2. The fraction of sp³-hybridized carbons (Fsp3) is 0.577. The maximum atomic E-state index is 13.6. The molecule has 180 valence electrons. The maximum Gasteiger partial charge on any atom is 0.338 e. The van der Waals surface area contributed by atoms with Crippen LogP contribution in [0.25, 0.3) is 0 Å². The number of ether oxygens (including phenoxy) is 2. The fourth-order valence-electron chi connectivity index (χ4n) is 7.22. The van der Waals surface area contributed by atoms with Crippen LogP contribution in [0.3, 0.4) is 0 Å². The molecular formula is C26H30N2O6. The number of amides is 1. The van der Waals surface area contributed by atoms with Gasteiger partial charge in [-0.3, -0.25) is 9.69 Å². The number of likely N-dealkylation sites (tertiary alicyclic amines) is 1. The molecule has 8 heteroatoms. The zero-order valence-electron chi connectivity index (χ0n) is 19.6. The lowest BCUT2D eigenvalue weighted by atomic mass is 9.72. The molecule has 4 atom stereocenters. The molecule has 1 amide bonds. The largest absolute Gasteiger partial charge is 0.457 e. The first kappa shape index (κ1) is 21.8. The third kappa shape index (κ3) is 3.15. The van der Waals surface area contributed by atoms with Crippen LogP contribution in [-0.4, -0.2) is 64.0 Å². The zero-order valence-corrected chi connectivity index (χ0v) is 19.6. The number of aliphatic hydroxyl groups is 1. The molecule has 1 aromatic rings. The van der Waals surface area contributed by atoms with Gasteiger partial charge in [0.2, 0.25) is 5.91 Å². The second-order valence-electron chi connectivity index (χ2n) is 10.6. The SMILES string of the molecule is Cc1c([C@@H](O)CN2[C@@H]3CC[C@@H]2CC2(CC(C)N(C4=CC(=O)OC4)C2=O)C3)ccc2c1COC2=O. The van der Waals surface area contributed by atoms with Crippen LogP contribution in [0, 0.1) is 12.3 Å². The van der Waals surface area contributed by atoms with Crippen molar-refractivity contribution >= 4 is 17.8 Å². The van der Waals surface area contributed by atoms with Crippen molar-refractivity contribution in [2.45, 2.75) is 76.8 Å². The van der Waals surface area contributed by atoms with E-state index in [-0.39, 0.29) is 49.2 Å². The molecule has 0 aromatic heterocycles. The number of aliphatic hydroxyl groups excluding tert-OH is 1. The number of hydrogen-bond donors (Lipinski definition) is 1. The maximum absolute atomic E-state index is 13.6. The minimum atomic E-state index is -0.667. The van der Waals surface area contributed by atoms with Crippen molar-refractivity contribution in [1.82, 2.24) is 9.80 Å². The molecule has 0 radical (unpaired) electrons. The lowest BCUT2D eigenvalue weighted by Crippen LogP contribution is -2.51. The monoisotopic (exact) mass is 466 g/mol. The highest BCUT2D eigenvalue weighted by molar-refractivity contribution is 5.94. The van der Waals surface area contributed by atoms with Crippen LogP contribution in [0.1, 0.15) is 72.2 Å². The van der Waals surface area contributed by atoms with E-state index in [1.807, 2.05) is 13.0 Å². The summed E-state index contributed by atoms with van der Waals surface area (Å²) in [5, 5.41) is 11.2. The molecule has 5 heterocycles. The number of rotatable bonds is 4. The minimum Gasteiger partial charge on any atom is -0.457 e. The smallest absolute Gasteiger partial charge is 0.338 e. The van der Waals surface area contributed by atoms with Gasteiger partial charge in [0.15, 0.2) is 0 Å². The van der Waals surface area contributed by atoms with Crippen LogP contribution < -0.4 is 0 Å². The highest BCUT2D eigenvalue weighted by atomic mass is 16.5. The van der Waals surface area contributed by atoms with Crippen LogP contribution >= 0.6 is 0 Å². The van der Waals surface area contributed by atoms with Gasteiger partial charge in [0.25, 0.3) is 0 Å². The Kier molecular flexibility index (Phi) is 4.90. The van der Waals surface area contributed by atoms with E-state index < -0.39 is 11.5 Å². The van der Waals surface area contributed by atoms with Crippen molar-refractivity contribution in [3.8, 4) is 0 Å². The molecule has 1 unspecified atom stereocenters. The van der Waals surface area contributed by atoms with Crippen molar-refractivity contribution < 1.29 is 29.0 Å². The van der Waals surface area contributed by atoms with Gasteiger partial charge in [-0.05, 0) is 63.1 Å². The van der Waals surface area contributed by atoms with Crippen molar-refractivity contribution in [3.63, 3.8) is 0 Å². The summed E-state index contributed by atoms with van der Waals surface area (Å²) >= 11 is 0. The number of carbonyl (C=O) groups excluding carboxylic acids is 3. The number of carbonyl (C=O) groups is 3. The Morgan fingerprint density at radius 3 is 2.50 bits per heavy atom. The predicted octanol–water partition coefficient (Wildman–Crippen LogP) is 2.37. The summed E-state index contributed by atoms with van der Waals surface area (Å²) in [7, 11) is 0. The Balaban J connectivity index is 1.19. The molecule has 3 fully saturated rings. The van der Waals surface area contributed by atoms with E-state index in [4.69, 9.17) is 9.47 Å². The number of cyclic esters (lactones) is 2. The molecule has 8 nitrogen and oxygen atoms in total. The van der Waals surface area contributed by atoms with Gasteiger partial charge in [0.05, 0.1) is 22.8 Å². The van der Waals surface area contributed by atoms with E-state index in [1.54, 1.807) is 11.0 Å². The van der Waals surface area contributed by atoms with Gasteiger partial charge in [-0.25, -0.2) is 9.59 Å². The van der Waals surface area contributed by atoms with Crippen LogP contribution in [0.5, 0.6) is 0 Å². The van der Waals surface area contributed by atoms with E-state index >= 15 is 0 Å². The van der Waals surface area contributed by atoms with E-state index in [9.17, 15) is 19.5 Å². The van der Waals surface area contributed by atoms with Crippen LogP contribution in [-0.2, 0) is 25.7 Å². The van der Waals surface area contributed by atoms with Crippen molar-refractivity contribution in [1.29, 1.82) is 0 Å². The van der Waals surface area contributed by atoms with Gasteiger partial charge in [0, 0.05) is 36.3 Å². The average molecular weight is 467 g/mol. The predicted molar refractivity (Wildman–Crippen MR) is 120 cm³/mol. The molecule has 5 aliphatic heterocycles. The number of benzene rings is 1. The summed E-state index contributed by atoms with van der Waals surface area (Å²) < 4.78 is 10.2. The Morgan fingerprint density at radius 1 is 1.09 bits per heavy atom. The van der Waals surface area contributed by atoms with Gasteiger partial charge in [-0.15, -0.1) is 0 Å². The Labute approximate surface area is 198 Å². The molecule has 1 N–H and O–H groups in total. The second kappa shape index (κ2) is 7.65. The van der Waals surface area contributed by atoms with Crippen molar-refractivity contribution in [2.24, 2.45) is 5.41 Å². The quantitative estimate of drug-likeness (QED) is 0.681. The van der Waals surface area contributed by atoms with Gasteiger partial charge in [-0.2, -0.15) is 0 Å². The summed E-state index contributed by atoms with van der Waals surface area (Å²) in [6.07, 6.45) is 5.18. The molecule has 5 aliphatic rings. The highest BCUT2D eigenvalue weighted by Crippen LogP contribution is 2.53. The van der Waals surface area contributed by atoms with Crippen LogP contribution in [0.2, 0.25) is 0 Å². The Bertz CT molecular complexity index is 1110. The fourth-order valence-corrected chi connectivity index (χ4v) is 7.22. The second-order valence-corrected chi connectivity index (χ2v) is 10.6. The van der Waals surface area contributed by atoms with E-state index in [0.29, 0.717) is 17.8 Å².